The van der Waals surface area contributed by atoms with E-state index in [9.17, 15) is 4.39 Å². The number of guanidine groups is 1. The zero-order valence-corrected chi connectivity index (χ0v) is 19.6. The quantitative estimate of drug-likeness (QED) is 0.279. The summed E-state index contributed by atoms with van der Waals surface area (Å²) in [6.45, 7) is 2.33. The molecule has 168 valence electrons. The van der Waals surface area contributed by atoms with E-state index in [0.29, 0.717) is 23.4 Å². The second-order valence-electron chi connectivity index (χ2n) is 7.56. The number of halogens is 2. The molecule has 0 fully saturated rings. The normalized spacial score (nSPS) is 17.1. The lowest BCUT2D eigenvalue weighted by molar-refractivity contribution is 0.400. The van der Waals surface area contributed by atoms with Gasteiger partial charge in [0.05, 0.1) is 11.5 Å². The van der Waals surface area contributed by atoms with Gasteiger partial charge < -0.3 is 5.73 Å². The number of hydrogen-bond acceptors (Lipinski definition) is 3. The summed E-state index contributed by atoms with van der Waals surface area (Å²) in [5, 5.41) is 7.40. The number of aliphatic imine (C=N–C) groups is 1. The average molecular weight is 480 g/mol. The van der Waals surface area contributed by atoms with Crippen molar-refractivity contribution in [2.24, 2.45) is 20.2 Å². The van der Waals surface area contributed by atoms with Crippen LogP contribution >= 0.6 is 23.5 Å². The van der Waals surface area contributed by atoms with Gasteiger partial charge in [0.2, 0.25) is 0 Å². The van der Waals surface area contributed by atoms with E-state index in [1.165, 1.54) is 29.6 Å². The van der Waals surface area contributed by atoms with Crippen molar-refractivity contribution in [1.29, 1.82) is 0 Å². The van der Waals surface area contributed by atoms with E-state index >= 15 is 0 Å². The Morgan fingerprint density at radius 1 is 1.06 bits per heavy atom. The Labute approximate surface area is 202 Å². The van der Waals surface area contributed by atoms with E-state index in [4.69, 9.17) is 22.4 Å². The molecule has 33 heavy (non-hydrogen) atoms. The summed E-state index contributed by atoms with van der Waals surface area (Å²) in [5.41, 5.74) is 8.98. The number of nitrogens with zero attached hydrogens (tertiary/aromatic N) is 4. The van der Waals surface area contributed by atoms with Crippen LogP contribution in [0.2, 0.25) is 5.02 Å². The molecule has 0 bridgehead atoms. The van der Waals surface area contributed by atoms with Crippen LogP contribution in [-0.2, 0) is 0 Å². The van der Waals surface area contributed by atoms with Gasteiger partial charge in [-0.1, -0.05) is 54.1 Å². The van der Waals surface area contributed by atoms with Crippen LogP contribution in [0.1, 0.15) is 30.4 Å². The molecule has 2 N–H and O–H groups in total. The maximum Gasteiger partial charge on any atom is 0.255 e. The highest BCUT2D eigenvalue weighted by Gasteiger charge is 2.28. The van der Waals surface area contributed by atoms with E-state index in [1.807, 2.05) is 42.5 Å². The van der Waals surface area contributed by atoms with Crippen LogP contribution in [0.15, 0.2) is 98.2 Å². The summed E-state index contributed by atoms with van der Waals surface area (Å²) in [6, 6.07) is 24.1. The maximum absolute atomic E-state index is 13.2. The van der Waals surface area contributed by atoms with Crippen LogP contribution < -0.4 is 5.73 Å². The fourth-order valence-corrected chi connectivity index (χ4v) is 4.25. The molecule has 1 heterocycles. The summed E-state index contributed by atoms with van der Waals surface area (Å²) >= 11 is 7.32. The molecule has 5 nitrogen and oxygen atoms in total. The molecule has 1 aliphatic rings. The van der Waals surface area contributed by atoms with Crippen LogP contribution in [0, 0.1) is 5.82 Å². The number of hydrogen-bond donors (Lipinski definition) is 1. The highest BCUT2D eigenvalue weighted by Crippen LogP contribution is 2.31. The first kappa shape index (κ1) is 23.0. The second kappa shape index (κ2) is 10.6. The molecule has 0 aliphatic carbocycles. The van der Waals surface area contributed by atoms with Crippen LogP contribution in [0.5, 0.6) is 0 Å². The van der Waals surface area contributed by atoms with Gasteiger partial charge in [-0.2, -0.15) is 14.5 Å². The monoisotopic (exact) mass is 479 g/mol. The number of rotatable bonds is 4. The number of benzene rings is 3. The molecule has 0 amide bonds. The zero-order valence-electron chi connectivity index (χ0n) is 18.0. The van der Waals surface area contributed by atoms with Crippen molar-refractivity contribution in [3.63, 3.8) is 0 Å². The third-order valence-corrected chi connectivity index (χ3v) is 6.07. The molecular weight excluding hydrogens is 457 g/mol. The van der Waals surface area contributed by atoms with Gasteiger partial charge in [-0.25, -0.2) is 9.40 Å². The van der Waals surface area contributed by atoms with Gasteiger partial charge in [0.25, 0.3) is 5.96 Å². The van der Waals surface area contributed by atoms with Crippen molar-refractivity contribution in [2.45, 2.75) is 24.2 Å². The molecule has 0 aromatic heterocycles. The van der Waals surface area contributed by atoms with E-state index in [-0.39, 0.29) is 11.7 Å². The van der Waals surface area contributed by atoms with Crippen molar-refractivity contribution >= 4 is 41.1 Å². The fourth-order valence-electron chi connectivity index (χ4n) is 3.54. The standard InChI is InChI=1S/C25H23ClFN5S/c1-17(28)29-25(31-33-22-13-11-21(27)12-14-22)32-16-15-23(18-5-3-2-4-6-18)24(30-32)19-7-9-20(26)10-8-19/h2-14,23H,15-16H2,1H3,(H2,28,29,31). The first-order valence-corrected chi connectivity index (χ1v) is 11.6. The van der Waals surface area contributed by atoms with Gasteiger partial charge in [0.1, 0.15) is 5.82 Å². The minimum absolute atomic E-state index is 0.123. The van der Waals surface area contributed by atoms with E-state index in [0.717, 1.165) is 22.6 Å². The van der Waals surface area contributed by atoms with Gasteiger partial charge >= 0.3 is 0 Å². The summed E-state index contributed by atoms with van der Waals surface area (Å²) in [5.74, 6) is 0.598. The summed E-state index contributed by atoms with van der Waals surface area (Å²) < 4.78 is 17.8. The lowest BCUT2D eigenvalue weighted by Gasteiger charge is -2.30. The van der Waals surface area contributed by atoms with Crippen molar-refractivity contribution < 1.29 is 4.39 Å². The Hall–Kier alpha value is -3.16. The molecule has 1 atom stereocenters. The van der Waals surface area contributed by atoms with Crippen molar-refractivity contribution in [3.05, 3.63) is 101 Å². The van der Waals surface area contributed by atoms with Crippen LogP contribution in [0.4, 0.5) is 4.39 Å². The molecule has 3 aromatic carbocycles. The molecule has 1 unspecified atom stereocenters. The molecule has 1 aliphatic heterocycles. The third-order valence-electron chi connectivity index (χ3n) is 5.08. The molecular formula is C25H23ClFN5S. The Balaban J connectivity index is 1.71. The van der Waals surface area contributed by atoms with Gasteiger partial charge in [-0.05, 0) is 60.9 Å². The predicted octanol–water partition coefficient (Wildman–Crippen LogP) is 6.11. The SMILES string of the molecule is C/C(N)=N\C(=N\Sc1ccc(F)cc1)N1CCC(c2ccccc2)C(c2ccc(Cl)cc2)=N1. The largest absolute Gasteiger partial charge is 0.387 e. The zero-order chi connectivity index (χ0) is 23.2. The maximum atomic E-state index is 13.2. The van der Waals surface area contributed by atoms with Gasteiger partial charge in [-0.3, -0.25) is 0 Å². The molecule has 0 radical (unpaired) electrons. The fraction of sp³-hybridized carbons (Fsp3) is 0.160. The topological polar surface area (TPSA) is 66.3 Å². The van der Waals surface area contributed by atoms with Crippen molar-refractivity contribution in [3.8, 4) is 0 Å². The first-order chi connectivity index (χ1) is 16.0. The Bertz CT molecular complexity index is 1170. The Kier molecular flexibility index (Phi) is 7.42. The second-order valence-corrected chi connectivity index (χ2v) is 8.83. The number of nitrogens with two attached hydrogens (primary N) is 1. The smallest absolute Gasteiger partial charge is 0.255 e. The van der Waals surface area contributed by atoms with E-state index in [2.05, 4.69) is 21.5 Å². The number of amidine groups is 1. The van der Waals surface area contributed by atoms with Gasteiger partial charge in [0.15, 0.2) is 0 Å². The predicted molar refractivity (Wildman–Crippen MR) is 135 cm³/mol. The molecule has 0 spiro atoms. The lowest BCUT2D eigenvalue weighted by Crippen LogP contribution is -2.35. The highest BCUT2D eigenvalue weighted by atomic mass is 35.5. The minimum atomic E-state index is -0.292. The summed E-state index contributed by atoms with van der Waals surface area (Å²) in [4.78, 5) is 5.21. The van der Waals surface area contributed by atoms with Crippen molar-refractivity contribution in [2.75, 3.05) is 6.54 Å². The van der Waals surface area contributed by atoms with E-state index in [1.54, 1.807) is 24.1 Å². The molecule has 8 heteroatoms. The van der Waals surface area contributed by atoms with Crippen molar-refractivity contribution in [1.82, 2.24) is 5.01 Å². The Morgan fingerprint density at radius 2 is 1.76 bits per heavy atom. The van der Waals surface area contributed by atoms with E-state index < -0.39 is 0 Å². The van der Waals surface area contributed by atoms with Crippen LogP contribution in [0.25, 0.3) is 0 Å². The lowest BCUT2D eigenvalue weighted by atomic mass is 9.86. The molecule has 0 saturated carbocycles. The third kappa shape index (κ3) is 6.00. The summed E-state index contributed by atoms with van der Waals surface area (Å²) in [6.07, 6.45) is 0.824. The summed E-state index contributed by atoms with van der Waals surface area (Å²) in [7, 11) is 0. The number of hydrazone groups is 1. The van der Waals surface area contributed by atoms with Crippen LogP contribution in [-0.4, -0.2) is 29.1 Å². The first-order valence-electron chi connectivity index (χ1n) is 10.5. The molecule has 0 saturated heterocycles. The molecule has 4 rings (SSSR count). The van der Waals surface area contributed by atoms with Gasteiger partial charge in [0, 0.05) is 34.3 Å². The molecule has 3 aromatic rings. The Morgan fingerprint density at radius 3 is 2.42 bits per heavy atom. The van der Waals surface area contributed by atoms with Gasteiger partial charge in [-0.15, -0.1) is 0 Å². The minimum Gasteiger partial charge on any atom is -0.387 e. The van der Waals surface area contributed by atoms with Crippen LogP contribution in [0.3, 0.4) is 0 Å². The highest BCUT2D eigenvalue weighted by molar-refractivity contribution is 7.98. The average Bonchev–Trinajstić information content (AvgIpc) is 2.83.